The lowest BCUT2D eigenvalue weighted by Gasteiger charge is -2.16. The van der Waals surface area contributed by atoms with Gasteiger partial charge in [0.2, 0.25) is 0 Å². The average Bonchev–Trinajstić information content (AvgIpc) is 3.11. The second-order valence-corrected chi connectivity index (χ2v) is 6.28. The van der Waals surface area contributed by atoms with Crippen molar-refractivity contribution in [2.75, 3.05) is 13.7 Å². The van der Waals surface area contributed by atoms with Gasteiger partial charge in [0.15, 0.2) is 5.76 Å². The molecule has 1 amide bonds. The third-order valence-electron chi connectivity index (χ3n) is 4.13. The molecule has 2 aromatic carbocycles. The number of nitrogens with one attached hydrogen (secondary N) is 1. The second kappa shape index (κ2) is 9.05. The number of hydrogen-bond acceptors (Lipinski definition) is 5. The lowest BCUT2D eigenvalue weighted by atomic mass is 10.2. The summed E-state index contributed by atoms with van der Waals surface area (Å²) in [6.07, 6.45) is -0.255. The summed E-state index contributed by atoms with van der Waals surface area (Å²) in [6, 6.07) is 15.6. The summed E-state index contributed by atoms with van der Waals surface area (Å²) < 4.78 is 16.3. The number of aliphatic carboxylic acids is 1. The van der Waals surface area contributed by atoms with Crippen molar-refractivity contribution in [3.05, 3.63) is 65.9 Å². The topological polar surface area (TPSA) is 98.0 Å². The summed E-state index contributed by atoms with van der Waals surface area (Å²) in [6.45, 7) is 0.401. The summed E-state index contributed by atoms with van der Waals surface area (Å²) in [5.41, 5.74) is 1.51. The predicted molar refractivity (Wildman–Crippen MR) is 102 cm³/mol. The van der Waals surface area contributed by atoms with Gasteiger partial charge in [-0.05, 0) is 29.8 Å². The van der Waals surface area contributed by atoms with E-state index in [1.54, 1.807) is 31.4 Å². The number of carboxylic acids is 1. The van der Waals surface area contributed by atoms with Gasteiger partial charge in [-0.3, -0.25) is 9.59 Å². The molecule has 0 fully saturated rings. The fraction of sp³-hybridized carbons (Fsp3) is 0.238. The number of methoxy groups -OCH3 is 1. The van der Waals surface area contributed by atoms with Crippen LogP contribution in [-0.2, 0) is 16.1 Å². The smallest absolute Gasteiger partial charge is 0.305 e. The molecular weight excluding hydrogens is 362 g/mol. The van der Waals surface area contributed by atoms with Gasteiger partial charge in [0, 0.05) is 5.39 Å². The molecule has 0 spiro atoms. The molecule has 1 heterocycles. The maximum Gasteiger partial charge on any atom is 0.305 e. The molecule has 7 heteroatoms. The highest BCUT2D eigenvalue weighted by Crippen LogP contribution is 2.24. The van der Waals surface area contributed by atoms with Gasteiger partial charge in [0.1, 0.15) is 11.3 Å². The number of ether oxygens (including phenoxy) is 2. The zero-order valence-corrected chi connectivity index (χ0v) is 15.4. The minimum absolute atomic E-state index is 0.0704. The molecule has 3 rings (SSSR count). The van der Waals surface area contributed by atoms with E-state index in [9.17, 15) is 9.59 Å². The van der Waals surface area contributed by atoms with E-state index >= 15 is 0 Å². The number of rotatable bonds is 9. The van der Waals surface area contributed by atoms with Crippen molar-refractivity contribution >= 4 is 22.8 Å². The van der Waals surface area contributed by atoms with Crippen LogP contribution in [0.15, 0.2) is 59.0 Å². The number of carbonyl (C=O) groups is 2. The van der Waals surface area contributed by atoms with Crippen LogP contribution in [0.25, 0.3) is 11.0 Å². The molecule has 0 saturated carbocycles. The molecule has 1 atom stereocenters. The molecule has 3 aromatic rings. The lowest BCUT2D eigenvalue weighted by Crippen LogP contribution is -2.39. The fourth-order valence-electron chi connectivity index (χ4n) is 2.77. The Balaban J connectivity index is 1.64. The van der Waals surface area contributed by atoms with Crippen LogP contribution in [-0.4, -0.2) is 36.7 Å². The summed E-state index contributed by atoms with van der Waals surface area (Å²) in [7, 11) is 1.56. The van der Waals surface area contributed by atoms with Crippen LogP contribution in [0.1, 0.15) is 22.5 Å². The lowest BCUT2D eigenvalue weighted by molar-refractivity contribution is -0.137. The number of amides is 1. The third-order valence-corrected chi connectivity index (χ3v) is 4.13. The Kier molecular flexibility index (Phi) is 6.29. The van der Waals surface area contributed by atoms with Gasteiger partial charge < -0.3 is 24.3 Å². The Bertz CT molecular complexity index is 950. The molecule has 28 heavy (non-hydrogen) atoms. The van der Waals surface area contributed by atoms with Crippen molar-refractivity contribution in [3.8, 4) is 5.75 Å². The van der Waals surface area contributed by atoms with Crippen LogP contribution >= 0.6 is 0 Å². The van der Waals surface area contributed by atoms with E-state index in [0.717, 1.165) is 10.9 Å². The maximum absolute atomic E-state index is 12.5. The van der Waals surface area contributed by atoms with Crippen molar-refractivity contribution in [1.29, 1.82) is 0 Å². The van der Waals surface area contributed by atoms with Gasteiger partial charge in [-0.15, -0.1) is 0 Å². The Morgan fingerprint density at radius 3 is 2.64 bits per heavy atom. The van der Waals surface area contributed by atoms with Crippen LogP contribution < -0.4 is 10.1 Å². The van der Waals surface area contributed by atoms with E-state index in [1.165, 1.54) is 0 Å². The van der Waals surface area contributed by atoms with Gasteiger partial charge >= 0.3 is 5.97 Å². The summed E-state index contributed by atoms with van der Waals surface area (Å²) in [5.74, 6) is -0.771. The standard InChI is InChI=1S/C21H21NO6/c1-26-17-7-8-18-15(9-17)10-19(28-18)21(25)22-16(11-20(23)24)13-27-12-14-5-3-2-4-6-14/h2-10,16H,11-13H2,1H3,(H,22,25)(H,23,24). The van der Waals surface area contributed by atoms with E-state index < -0.39 is 17.9 Å². The van der Waals surface area contributed by atoms with E-state index in [1.807, 2.05) is 30.3 Å². The first-order valence-electron chi connectivity index (χ1n) is 8.77. The molecular formula is C21H21NO6. The van der Waals surface area contributed by atoms with Crippen LogP contribution in [0.3, 0.4) is 0 Å². The SMILES string of the molecule is COc1ccc2oc(C(=O)NC(COCc3ccccc3)CC(=O)O)cc2c1. The van der Waals surface area contributed by atoms with E-state index in [2.05, 4.69) is 5.32 Å². The number of furan rings is 1. The highest BCUT2D eigenvalue weighted by Gasteiger charge is 2.20. The summed E-state index contributed by atoms with van der Waals surface area (Å²) in [4.78, 5) is 23.6. The Hall–Kier alpha value is -3.32. The molecule has 0 aliphatic rings. The zero-order valence-electron chi connectivity index (χ0n) is 15.4. The summed E-state index contributed by atoms with van der Waals surface area (Å²) in [5, 5.41) is 12.5. The molecule has 0 aliphatic carbocycles. The third kappa shape index (κ3) is 5.11. The molecule has 1 unspecified atom stereocenters. The van der Waals surface area contributed by atoms with E-state index in [4.69, 9.17) is 19.0 Å². The van der Waals surface area contributed by atoms with Crippen molar-refractivity contribution < 1.29 is 28.6 Å². The molecule has 7 nitrogen and oxygen atoms in total. The van der Waals surface area contributed by atoms with Crippen molar-refractivity contribution in [1.82, 2.24) is 5.32 Å². The first kappa shape index (κ1) is 19.4. The number of benzene rings is 2. The summed E-state index contributed by atoms with van der Waals surface area (Å²) >= 11 is 0. The molecule has 146 valence electrons. The quantitative estimate of drug-likeness (QED) is 0.589. The van der Waals surface area contributed by atoms with Gasteiger partial charge in [0.25, 0.3) is 5.91 Å². The number of carbonyl (C=O) groups excluding carboxylic acids is 1. The number of fused-ring (bicyclic) bond motifs is 1. The minimum Gasteiger partial charge on any atom is -0.497 e. The van der Waals surface area contributed by atoms with Crippen LogP contribution in [0.5, 0.6) is 5.75 Å². The maximum atomic E-state index is 12.5. The van der Waals surface area contributed by atoms with Crippen LogP contribution in [0.2, 0.25) is 0 Å². The predicted octanol–water partition coefficient (Wildman–Crippen LogP) is 3.23. The molecule has 2 N–H and O–H groups in total. The van der Waals surface area contributed by atoms with Gasteiger partial charge in [-0.2, -0.15) is 0 Å². The van der Waals surface area contributed by atoms with Crippen LogP contribution in [0, 0.1) is 0 Å². The monoisotopic (exact) mass is 383 g/mol. The first-order valence-corrected chi connectivity index (χ1v) is 8.77. The Morgan fingerprint density at radius 1 is 1.14 bits per heavy atom. The fourth-order valence-corrected chi connectivity index (χ4v) is 2.77. The highest BCUT2D eigenvalue weighted by atomic mass is 16.5. The number of carboxylic acid groups (broad SMARTS) is 1. The molecule has 0 aliphatic heterocycles. The molecule has 0 radical (unpaired) electrons. The Morgan fingerprint density at radius 2 is 1.93 bits per heavy atom. The zero-order chi connectivity index (χ0) is 19.9. The van der Waals surface area contributed by atoms with E-state index in [-0.39, 0.29) is 18.8 Å². The van der Waals surface area contributed by atoms with Crippen molar-refractivity contribution in [2.45, 2.75) is 19.1 Å². The number of hydrogen-bond donors (Lipinski definition) is 2. The Labute approximate surface area is 161 Å². The average molecular weight is 383 g/mol. The van der Waals surface area contributed by atoms with Gasteiger partial charge in [-0.25, -0.2) is 0 Å². The minimum atomic E-state index is -1.03. The van der Waals surface area contributed by atoms with Gasteiger partial charge in [-0.1, -0.05) is 30.3 Å². The van der Waals surface area contributed by atoms with Crippen LogP contribution in [0.4, 0.5) is 0 Å². The van der Waals surface area contributed by atoms with Gasteiger partial charge in [0.05, 0.1) is 32.8 Å². The second-order valence-electron chi connectivity index (χ2n) is 6.28. The molecule has 1 aromatic heterocycles. The van der Waals surface area contributed by atoms with E-state index in [0.29, 0.717) is 17.9 Å². The highest BCUT2D eigenvalue weighted by molar-refractivity contribution is 5.96. The largest absolute Gasteiger partial charge is 0.497 e. The normalized spacial score (nSPS) is 11.9. The van der Waals surface area contributed by atoms with Crippen molar-refractivity contribution in [2.24, 2.45) is 0 Å². The van der Waals surface area contributed by atoms with Crippen molar-refractivity contribution in [3.63, 3.8) is 0 Å². The first-order chi connectivity index (χ1) is 13.5. The molecule has 0 bridgehead atoms. The molecule has 0 saturated heterocycles.